The van der Waals surface area contributed by atoms with Crippen LogP contribution in [-0.2, 0) is 5.41 Å². The maximum absolute atomic E-state index is 6.50. The second-order valence-electron chi connectivity index (χ2n) is 15.9. The van der Waals surface area contributed by atoms with Crippen LogP contribution in [0.5, 0.6) is 0 Å². The van der Waals surface area contributed by atoms with Crippen molar-refractivity contribution in [2.45, 2.75) is 25.2 Å². The maximum atomic E-state index is 6.50. The molecule has 0 spiro atoms. The molecule has 1 unspecified atom stereocenters. The van der Waals surface area contributed by atoms with Gasteiger partial charge in [-0.15, -0.1) is 0 Å². The van der Waals surface area contributed by atoms with Crippen molar-refractivity contribution in [3.63, 3.8) is 0 Å². The van der Waals surface area contributed by atoms with Crippen LogP contribution in [0, 0.1) is 0 Å². The second kappa shape index (κ2) is 13.1. The topological polar surface area (TPSA) is 13.1 Å². The number of fused-ring (bicyclic) bond motifs is 8. The van der Waals surface area contributed by atoms with E-state index in [1.165, 1.54) is 83.1 Å². The monoisotopic (exact) mass is 728 g/mol. The molecule has 10 aromatic rings. The van der Waals surface area contributed by atoms with Crippen molar-refractivity contribution in [1.82, 2.24) is 0 Å². The lowest BCUT2D eigenvalue weighted by Crippen LogP contribution is -2.20. The number of benzene rings is 9. The van der Waals surface area contributed by atoms with Crippen LogP contribution in [0.15, 0.2) is 205 Å². The molecule has 0 saturated carbocycles. The van der Waals surface area contributed by atoms with E-state index in [4.69, 9.17) is 4.42 Å². The van der Waals surface area contributed by atoms with Gasteiger partial charge in [0.2, 0.25) is 0 Å². The zero-order valence-corrected chi connectivity index (χ0v) is 32.0. The molecule has 57 heavy (non-hydrogen) atoms. The summed E-state index contributed by atoms with van der Waals surface area (Å²) in [5, 5.41) is 4.72. The van der Waals surface area contributed by atoms with Gasteiger partial charge >= 0.3 is 0 Å². The van der Waals surface area contributed by atoms with Gasteiger partial charge in [0.05, 0.1) is 0 Å². The molecular formula is C56H40O. The number of hydrogen-bond acceptors (Lipinski definition) is 1. The molecule has 1 atom stereocenters. The highest BCUT2D eigenvalue weighted by Gasteiger charge is 2.40. The lowest BCUT2D eigenvalue weighted by molar-refractivity contribution is 0.649. The molecule has 0 amide bonds. The Balaban J connectivity index is 1.29. The summed E-state index contributed by atoms with van der Waals surface area (Å²) in [6, 6.07) is 73.6. The Morgan fingerprint density at radius 3 is 1.72 bits per heavy atom. The van der Waals surface area contributed by atoms with Gasteiger partial charge in [0.1, 0.15) is 11.2 Å². The predicted molar refractivity (Wildman–Crippen MR) is 239 cm³/mol. The van der Waals surface area contributed by atoms with Gasteiger partial charge in [0.15, 0.2) is 0 Å². The van der Waals surface area contributed by atoms with E-state index >= 15 is 0 Å². The molecule has 1 aliphatic carbocycles. The lowest BCUT2D eigenvalue weighted by atomic mass is 9.70. The van der Waals surface area contributed by atoms with Gasteiger partial charge < -0.3 is 4.42 Å². The quantitative estimate of drug-likeness (QED) is 0.155. The van der Waals surface area contributed by atoms with Gasteiger partial charge in [-0.1, -0.05) is 202 Å². The lowest BCUT2D eigenvalue weighted by Gasteiger charge is -2.32. The predicted octanol–water partition coefficient (Wildman–Crippen LogP) is 15.2. The van der Waals surface area contributed by atoms with Crippen LogP contribution < -0.4 is 0 Å². The van der Waals surface area contributed by atoms with Crippen LogP contribution >= 0.6 is 0 Å². The van der Waals surface area contributed by atoms with E-state index in [2.05, 4.69) is 214 Å². The third-order valence-electron chi connectivity index (χ3n) is 12.4. The summed E-state index contributed by atoms with van der Waals surface area (Å²) >= 11 is 0. The van der Waals surface area contributed by atoms with Gasteiger partial charge in [-0.3, -0.25) is 0 Å². The number of para-hydroxylation sites is 1. The van der Waals surface area contributed by atoms with Gasteiger partial charge in [0, 0.05) is 27.5 Å². The number of rotatable bonds is 6. The second-order valence-corrected chi connectivity index (χ2v) is 15.9. The molecule has 1 aliphatic rings. The molecule has 0 N–H and O–H groups in total. The molecule has 1 heterocycles. The van der Waals surface area contributed by atoms with Crippen molar-refractivity contribution in [3.05, 3.63) is 228 Å². The standard InChI is InChI=1S/C56H40O/c1-56(2)48-32-13-11-24-42(48)45-30-17-31-47(55(45)56)53(52-39(36-18-5-3-6-19-36)27-16-28-40(52)37-20-7-4-8-21-37)44-25-10-9-23-41(44)43-29-15-22-38-34-35-50-54(51(38)43)46-26-12-14-33-49(46)57-50/h3-35,53H,1-2H3. The molecule has 1 aromatic heterocycles. The van der Waals surface area contributed by atoms with Crippen LogP contribution in [0.4, 0.5) is 0 Å². The molecule has 1 heteroatoms. The zero-order chi connectivity index (χ0) is 38.1. The van der Waals surface area contributed by atoms with Gasteiger partial charge in [-0.2, -0.15) is 0 Å². The molecule has 0 aliphatic heterocycles. The molecule has 9 aromatic carbocycles. The van der Waals surface area contributed by atoms with Crippen molar-refractivity contribution in [1.29, 1.82) is 0 Å². The number of furan rings is 1. The van der Waals surface area contributed by atoms with E-state index in [0.717, 1.165) is 21.9 Å². The molecule has 0 radical (unpaired) electrons. The van der Waals surface area contributed by atoms with E-state index < -0.39 is 0 Å². The van der Waals surface area contributed by atoms with E-state index in [1.54, 1.807) is 0 Å². The molecule has 270 valence electrons. The van der Waals surface area contributed by atoms with Crippen molar-refractivity contribution in [3.8, 4) is 44.5 Å². The highest BCUT2D eigenvalue weighted by Crippen LogP contribution is 2.55. The van der Waals surface area contributed by atoms with Gasteiger partial charge in [-0.05, 0) is 89.8 Å². The summed E-state index contributed by atoms with van der Waals surface area (Å²) in [7, 11) is 0. The average molecular weight is 729 g/mol. The van der Waals surface area contributed by atoms with E-state index in [-0.39, 0.29) is 11.3 Å². The summed E-state index contributed by atoms with van der Waals surface area (Å²) < 4.78 is 6.50. The third kappa shape index (κ3) is 5.16. The van der Waals surface area contributed by atoms with E-state index in [9.17, 15) is 0 Å². The maximum Gasteiger partial charge on any atom is 0.136 e. The highest BCUT2D eigenvalue weighted by molar-refractivity contribution is 6.23. The van der Waals surface area contributed by atoms with Crippen LogP contribution in [-0.4, -0.2) is 0 Å². The van der Waals surface area contributed by atoms with Crippen molar-refractivity contribution >= 4 is 32.7 Å². The molecular weight excluding hydrogens is 689 g/mol. The summed E-state index contributed by atoms with van der Waals surface area (Å²) in [6.45, 7) is 4.83. The normalized spacial score (nSPS) is 13.5. The minimum atomic E-state index is -0.217. The minimum absolute atomic E-state index is 0.132. The summed E-state index contributed by atoms with van der Waals surface area (Å²) in [5.41, 5.74) is 18.3. The first kappa shape index (κ1) is 33.4. The Hall–Kier alpha value is -6.96. The van der Waals surface area contributed by atoms with Gasteiger partial charge in [0.25, 0.3) is 0 Å². The van der Waals surface area contributed by atoms with Crippen LogP contribution in [0.25, 0.3) is 77.2 Å². The fraction of sp³-hybridized carbons (Fsp3) is 0.0714. The van der Waals surface area contributed by atoms with Crippen molar-refractivity contribution in [2.75, 3.05) is 0 Å². The van der Waals surface area contributed by atoms with Crippen molar-refractivity contribution in [2.24, 2.45) is 0 Å². The summed E-state index contributed by atoms with van der Waals surface area (Å²) in [4.78, 5) is 0. The average Bonchev–Trinajstić information content (AvgIpc) is 3.77. The molecule has 0 bridgehead atoms. The van der Waals surface area contributed by atoms with E-state index in [1.807, 2.05) is 0 Å². The van der Waals surface area contributed by atoms with Gasteiger partial charge in [-0.25, -0.2) is 0 Å². The SMILES string of the molecule is CC1(C)c2ccccc2-c2cccc(C(c3ccccc3-c3cccc4ccc5oc6ccccc6c5c34)c3c(-c4ccccc4)cccc3-c3ccccc3)c21. The fourth-order valence-electron chi connectivity index (χ4n) is 10.0. The molecule has 0 fully saturated rings. The first-order valence-corrected chi connectivity index (χ1v) is 20.0. The van der Waals surface area contributed by atoms with Crippen LogP contribution in [0.1, 0.15) is 47.6 Å². The molecule has 1 nitrogen and oxygen atoms in total. The van der Waals surface area contributed by atoms with E-state index in [0.29, 0.717) is 0 Å². The summed E-state index contributed by atoms with van der Waals surface area (Å²) in [5.74, 6) is -0.132. The molecule has 0 saturated heterocycles. The molecule has 11 rings (SSSR count). The zero-order valence-electron chi connectivity index (χ0n) is 32.0. The summed E-state index contributed by atoms with van der Waals surface area (Å²) in [6.07, 6.45) is 0. The smallest absolute Gasteiger partial charge is 0.136 e. The van der Waals surface area contributed by atoms with Crippen LogP contribution in [0.3, 0.4) is 0 Å². The third-order valence-corrected chi connectivity index (χ3v) is 12.4. The Bertz CT molecular complexity index is 3090. The minimum Gasteiger partial charge on any atom is -0.456 e. The highest BCUT2D eigenvalue weighted by atomic mass is 16.3. The number of hydrogen-bond donors (Lipinski definition) is 0. The van der Waals surface area contributed by atoms with Crippen molar-refractivity contribution < 1.29 is 4.42 Å². The Kier molecular flexibility index (Phi) is 7.66. The Labute approximate surface area is 333 Å². The Morgan fingerprint density at radius 2 is 0.947 bits per heavy atom. The Morgan fingerprint density at radius 1 is 0.386 bits per heavy atom. The first-order chi connectivity index (χ1) is 28.1. The first-order valence-electron chi connectivity index (χ1n) is 20.0. The van der Waals surface area contributed by atoms with Crippen LogP contribution in [0.2, 0.25) is 0 Å². The fourth-order valence-corrected chi connectivity index (χ4v) is 10.0. The largest absolute Gasteiger partial charge is 0.456 e.